The monoisotopic (exact) mass is 281 g/mol. The zero-order chi connectivity index (χ0) is 15.0. The summed E-state index contributed by atoms with van der Waals surface area (Å²) in [4.78, 5) is 27.3. The minimum absolute atomic E-state index is 0.265. The third kappa shape index (κ3) is 2.08. The van der Waals surface area contributed by atoms with Crippen LogP contribution in [0.4, 0.5) is 0 Å². The van der Waals surface area contributed by atoms with Gasteiger partial charge in [-0.15, -0.1) is 0 Å². The highest BCUT2D eigenvalue weighted by molar-refractivity contribution is 6.05. The highest BCUT2D eigenvalue weighted by Gasteiger charge is 2.21. The number of fused-ring (bicyclic) bond motifs is 1. The third-order valence-electron chi connectivity index (χ3n) is 3.34. The fraction of sp³-hybridized carbons (Fsp3) is 0.0625. The van der Waals surface area contributed by atoms with Crippen LogP contribution in [0.2, 0.25) is 0 Å². The molecule has 5 nitrogen and oxygen atoms in total. The van der Waals surface area contributed by atoms with Crippen molar-refractivity contribution < 1.29 is 14.3 Å². The number of nitrogens with zero attached hydrogens (tertiary/aromatic N) is 1. The number of aryl methyl sites for hydroxylation is 1. The number of carbonyl (C=O) groups is 1. The predicted molar refractivity (Wildman–Crippen MR) is 77.4 cm³/mol. The van der Waals surface area contributed by atoms with Crippen LogP contribution in [-0.4, -0.2) is 16.1 Å². The minimum atomic E-state index is -1.27. The number of pyridine rings is 1. The number of aromatic nitrogens is 1. The molecule has 0 aliphatic rings. The van der Waals surface area contributed by atoms with Crippen LogP contribution in [0.3, 0.4) is 0 Å². The molecule has 2 aromatic heterocycles. The summed E-state index contributed by atoms with van der Waals surface area (Å²) < 4.78 is 5.00. The Hall–Kier alpha value is -2.95. The van der Waals surface area contributed by atoms with E-state index in [1.54, 1.807) is 12.1 Å². The van der Waals surface area contributed by atoms with Gasteiger partial charge in [0.2, 0.25) is 5.76 Å². The van der Waals surface area contributed by atoms with Crippen LogP contribution < -0.4 is 5.63 Å². The Bertz CT molecular complexity index is 912. The Balaban J connectivity index is 2.53. The Morgan fingerprint density at radius 2 is 1.95 bits per heavy atom. The SMILES string of the molecule is Cc1ccccc1-c1c(C(=O)O)oc(=O)c2cnccc12. The first kappa shape index (κ1) is 13.1. The average Bonchev–Trinajstić information content (AvgIpc) is 2.48. The summed E-state index contributed by atoms with van der Waals surface area (Å²) in [5.41, 5.74) is 1.31. The molecule has 2 heterocycles. The first-order valence-electron chi connectivity index (χ1n) is 6.29. The van der Waals surface area contributed by atoms with E-state index in [4.69, 9.17) is 4.42 Å². The van der Waals surface area contributed by atoms with Gasteiger partial charge in [-0.2, -0.15) is 0 Å². The van der Waals surface area contributed by atoms with Crippen molar-refractivity contribution in [1.29, 1.82) is 0 Å². The van der Waals surface area contributed by atoms with Crippen molar-refractivity contribution in [2.75, 3.05) is 0 Å². The molecule has 0 aliphatic heterocycles. The van der Waals surface area contributed by atoms with Crippen molar-refractivity contribution in [3.63, 3.8) is 0 Å². The number of aromatic carboxylic acids is 1. The number of carboxylic acids is 1. The highest BCUT2D eigenvalue weighted by atomic mass is 16.4. The number of rotatable bonds is 2. The van der Waals surface area contributed by atoms with Crippen molar-refractivity contribution in [1.82, 2.24) is 4.98 Å². The van der Waals surface area contributed by atoms with Gasteiger partial charge in [0, 0.05) is 23.3 Å². The van der Waals surface area contributed by atoms with Crippen LogP contribution in [-0.2, 0) is 0 Å². The molecule has 0 bridgehead atoms. The summed E-state index contributed by atoms with van der Waals surface area (Å²) in [5.74, 6) is -1.63. The van der Waals surface area contributed by atoms with Crippen molar-refractivity contribution >= 4 is 16.7 Å². The van der Waals surface area contributed by atoms with Gasteiger partial charge in [0.1, 0.15) is 0 Å². The van der Waals surface area contributed by atoms with Gasteiger partial charge in [-0.3, -0.25) is 4.98 Å². The largest absolute Gasteiger partial charge is 0.475 e. The molecule has 3 aromatic rings. The average molecular weight is 281 g/mol. The first-order chi connectivity index (χ1) is 10.1. The second-order valence-corrected chi connectivity index (χ2v) is 4.63. The summed E-state index contributed by atoms with van der Waals surface area (Å²) in [6, 6.07) is 8.98. The molecule has 0 saturated carbocycles. The van der Waals surface area contributed by atoms with E-state index >= 15 is 0 Å². The van der Waals surface area contributed by atoms with Gasteiger partial charge in [-0.25, -0.2) is 9.59 Å². The van der Waals surface area contributed by atoms with E-state index in [0.717, 1.165) is 11.1 Å². The number of benzene rings is 1. The molecule has 0 saturated heterocycles. The maximum absolute atomic E-state index is 11.9. The summed E-state index contributed by atoms with van der Waals surface area (Å²) in [7, 11) is 0. The van der Waals surface area contributed by atoms with Gasteiger partial charge in [0.25, 0.3) is 0 Å². The van der Waals surface area contributed by atoms with Gasteiger partial charge in [0.15, 0.2) is 0 Å². The number of hydrogen-bond donors (Lipinski definition) is 1. The van der Waals surface area contributed by atoms with Gasteiger partial charge < -0.3 is 9.52 Å². The quantitative estimate of drug-likeness (QED) is 0.781. The molecule has 3 rings (SSSR count). The topological polar surface area (TPSA) is 80.4 Å². The van der Waals surface area contributed by atoms with Crippen LogP contribution >= 0.6 is 0 Å². The zero-order valence-electron chi connectivity index (χ0n) is 11.2. The summed E-state index contributed by atoms with van der Waals surface area (Å²) in [6.45, 7) is 1.87. The van der Waals surface area contributed by atoms with E-state index in [9.17, 15) is 14.7 Å². The molecule has 1 aromatic carbocycles. The fourth-order valence-electron chi connectivity index (χ4n) is 2.37. The molecule has 0 radical (unpaired) electrons. The molecule has 0 amide bonds. The van der Waals surface area contributed by atoms with Crippen LogP contribution in [0.25, 0.3) is 21.9 Å². The lowest BCUT2D eigenvalue weighted by molar-refractivity contribution is 0.0659. The molecule has 0 atom stereocenters. The lowest BCUT2D eigenvalue weighted by atomic mass is 9.96. The van der Waals surface area contributed by atoms with E-state index < -0.39 is 11.6 Å². The van der Waals surface area contributed by atoms with Crippen molar-refractivity contribution in [2.45, 2.75) is 6.92 Å². The molecule has 0 unspecified atom stereocenters. The van der Waals surface area contributed by atoms with Crippen LogP contribution in [0.5, 0.6) is 0 Å². The lowest BCUT2D eigenvalue weighted by Gasteiger charge is -2.11. The number of hydrogen-bond acceptors (Lipinski definition) is 4. The van der Waals surface area contributed by atoms with E-state index in [-0.39, 0.29) is 11.1 Å². The van der Waals surface area contributed by atoms with Crippen LogP contribution in [0.1, 0.15) is 16.1 Å². The molecule has 5 heteroatoms. The molecule has 0 spiro atoms. The van der Waals surface area contributed by atoms with Crippen LogP contribution in [0.15, 0.2) is 51.9 Å². The van der Waals surface area contributed by atoms with Gasteiger partial charge in [0.05, 0.1) is 5.39 Å². The lowest BCUT2D eigenvalue weighted by Crippen LogP contribution is -2.10. The van der Waals surface area contributed by atoms with Gasteiger partial charge in [-0.1, -0.05) is 24.3 Å². The third-order valence-corrected chi connectivity index (χ3v) is 3.34. The minimum Gasteiger partial charge on any atom is -0.475 e. The normalized spacial score (nSPS) is 10.7. The second kappa shape index (κ2) is 4.86. The number of carboxylic acid groups (broad SMARTS) is 1. The standard InChI is InChI=1S/C16H11NO4/c1-9-4-2-3-5-10(9)13-11-6-7-17-8-12(11)16(20)21-14(13)15(18)19/h2-8H,1H3,(H,18,19). The smallest absolute Gasteiger partial charge is 0.372 e. The Labute approximate surface area is 119 Å². The van der Waals surface area contributed by atoms with E-state index in [1.165, 1.54) is 12.4 Å². The van der Waals surface area contributed by atoms with Gasteiger partial charge in [-0.05, 0) is 24.1 Å². The van der Waals surface area contributed by atoms with Gasteiger partial charge >= 0.3 is 11.6 Å². The molecule has 104 valence electrons. The first-order valence-corrected chi connectivity index (χ1v) is 6.29. The maximum atomic E-state index is 11.9. The van der Waals surface area contributed by atoms with Crippen molar-refractivity contribution in [2.24, 2.45) is 0 Å². The van der Waals surface area contributed by atoms with Crippen LogP contribution in [0, 0.1) is 6.92 Å². The summed E-state index contributed by atoms with van der Waals surface area (Å²) in [5, 5.41) is 10.1. The van der Waals surface area contributed by atoms with E-state index in [0.29, 0.717) is 10.9 Å². The highest BCUT2D eigenvalue weighted by Crippen LogP contribution is 2.32. The summed E-state index contributed by atoms with van der Waals surface area (Å²) in [6.07, 6.45) is 2.91. The maximum Gasteiger partial charge on any atom is 0.372 e. The van der Waals surface area contributed by atoms with Crippen molar-refractivity contribution in [3.8, 4) is 11.1 Å². The Kier molecular flexibility index (Phi) is 3.02. The Morgan fingerprint density at radius 1 is 1.19 bits per heavy atom. The fourth-order valence-corrected chi connectivity index (χ4v) is 2.37. The predicted octanol–water partition coefficient (Wildman–Crippen LogP) is 2.86. The zero-order valence-corrected chi connectivity index (χ0v) is 11.2. The van der Waals surface area contributed by atoms with Crippen molar-refractivity contribution in [3.05, 3.63) is 64.5 Å². The summed E-state index contributed by atoms with van der Waals surface area (Å²) >= 11 is 0. The molecule has 0 aliphatic carbocycles. The molecular formula is C16H11NO4. The second-order valence-electron chi connectivity index (χ2n) is 4.63. The van der Waals surface area contributed by atoms with E-state index in [1.807, 2.05) is 25.1 Å². The van der Waals surface area contributed by atoms with E-state index in [2.05, 4.69) is 4.98 Å². The molecule has 1 N–H and O–H groups in total. The Morgan fingerprint density at radius 3 is 2.67 bits per heavy atom. The molecule has 21 heavy (non-hydrogen) atoms. The molecule has 0 fully saturated rings. The molecular weight excluding hydrogens is 270 g/mol.